The average Bonchev–Trinajstić information content (AvgIpc) is 2.86. The summed E-state index contributed by atoms with van der Waals surface area (Å²) in [7, 11) is 0. The maximum Gasteiger partial charge on any atom is 0.182 e. The van der Waals surface area contributed by atoms with Crippen molar-refractivity contribution < 1.29 is 0 Å². The number of nitriles is 1. The number of aromatic nitrogens is 3. The highest BCUT2D eigenvalue weighted by Crippen LogP contribution is 2.12. The van der Waals surface area contributed by atoms with Crippen molar-refractivity contribution in [1.29, 1.82) is 5.26 Å². The fourth-order valence-electron chi connectivity index (χ4n) is 1.72. The molecule has 1 aromatic rings. The number of aryl methyl sites for hydroxylation is 1. The molecule has 1 aliphatic rings. The van der Waals surface area contributed by atoms with Gasteiger partial charge in [0.2, 0.25) is 0 Å². The lowest BCUT2D eigenvalue weighted by Crippen LogP contribution is -2.12. The van der Waals surface area contributed by atoms with Crippen LogP contribution in [0.15, 0.2) is 6.20 Å². The van der Waals surface area contributed by atoms with Crippen molar-refractivity contribution in [3.63, 3.8) is 0 Å². The molecule has 0 saturated carbocycles. The van der Waals surface area contributed by atoms with Gasteiger partial charge in [0.25, 0.3) is 0 Å². The van der Waals surface area contributed by atoms with Gasteiger partial charge >= 0.3 is 0 Å². The van der Waals surface area contributed by atoms with E-state index in [0.29, 0.717) is 5.69 Å². The van der Waals surface area contributed by atoms with Crippen LogP contribution in [0.5, 0.6) is 0 Å². The molecule has 1 aromatic heterocycles. The molecule has 0 spiro atoms. The Morgan fingerprint density at radius 2 is 2.64 bits per heavy atom. The smallest absolute Gasteiger partial charge is 0.182 e. The van der Waals surface area contributed by atoms with E-state index in [1.165, 1.54) is 12.6 Å². The van der Waals surface area contributed by atoms with E-state index in [2.05, 4.69) is 15.5 Å². The summed E-state index contributed by atoms with van der Waals surface area (Å²) in [4.78, 5) is 1.61. The van der Waals surface area contributed by atoms with E-state index in [-0.39, 0.29) is 0 Å². The Hall–Kier alpha value is -1.41. The van der Waals surface area contributed by atoms with Crippen LogP contribution in [0.1, 0.15) is 18.5 Å². The normalized spacial score (nSPS) is 20.9. The van der Waals surface area contributed by atoms with Gasteiger partial charge in [0, 0.05) is 0 Å². The van der Waals surface area contributed by atoms with E-state index in [1.807, 2.05) is 6.07 Å². The van der Waals surface area contributed by atoms with E-state index in [0.717, 1.165) is 32.0 Å². The van der Waals surface area contributed by atoms with E-state index in [9.17, 15) is 0 Å². The van der Waals surface area contributed by atoms with Gasteiger partial charge in [0.1, 0.15) is 6.07 Å². The van der Waals surface area contributed by atoms with Crippen molar-refractivity contribution in [1.82, 2.24) is 20.3 Å². The predicted molar refractivity (Wildman–Crippen MR) is 50.3 cm³/mol. The number of nitrogens with zero attached hydrogens (tertiary/aromatic N) is 4. The Labute approximate surface area is 82.7 Å². The molecule has 1 N–H and O–H groups in total. The number of hydrogen-bond acceptors (Lipinski definition) is 4. The molecule has 74 valence electrons. The van der Waals surface area contributed by atoms with Crippen LogP contribution in [0.2, 0.25) is 0 Å². The van der Waals surface area contributed by atoms with E-state index in [1.54, 1.807) is 4.80 Å². The van der Waals surface area contributed by atoms with Crippen LogP contribution in [-0.2, 0) is 6.54 Å². The fourth-order valence-corrected chi connectivity index (χ4v) is 1.72. The van der Waals surface area contributed by atoms with Crippen LogP contribution in [0, 0.1) is 17.2 Å². The zero-order chi connectivity index (χ0) is 9.80. The first-order valence-electron chi connectivity index (χ1n) is 4.89. The Bertz CT molecular complexity index is 331. The van der Waals surface area contributed by atoms with Gasteiger partial charge < -0.3 is 5.32 Å². The first-order chi connectivity index (χ1) is 6.88. The van der Waals surface area contributed by atoms with Gasteiger partial charge in [-0.3, -0.25) is 0 Å². The summed E-state index contributed by atoms with van der Waals surface area (Å²) in [6, 6.07) is 1.97. The van der Waals surface area contributed by atoms with E-state index >= 15 is 0 Å². The first-order valence-corrected chi connectivity index (χ1v) is 4.89. The lowest BCUT2D eigenvalue weighted by molar-refractivity contribution is 0.428. The van der Waals surface area contributed by atoms with Crippen LogP contribution >= 0.6 is 0 Å². The number of hydrogen-bond donors (Lipinski definition) is 1. The molecule has 1 atom stereocenters. The van der Waals surface area contributed by atoms with Crippen molar-refractivity contribution >= 4 is 0 Å². The molecule has 1 saturated heterocycles. The van der Waals surface area contributed by atoms with Crippen LogP contribution < -0.4 is 5.32 Å². The second kappa shape index (κ2) is 4.20. The highest BCUT2D eigenvalue weighted by atomic mass is 15.5. The molecule has 0 radical (unpaired) electrons. The topological polar surface area (TPSA) is 66.5 Å². The van der Waals surface area contributed by atoms with Crippen molar-refractivity contribution in [3.05, 3.63) is 11.9 Å². The third-order valence-electron chi connectivity index (χ3n) is 2.55. The van der Waals surface area contributed by atoms with Crippen molar-refractivity contribution in [3.8, 4) is 6.07 Å². The molecule has 1 aliphatic heterocycles. The fraction of sp³-hybridized carbons (Fsp3) is 0.667. The summed E-state index contributed by atoms with van der Waals surface area (Å²) in [6.07, 6.45) is 3.84. The van der Waals surface area contributed by atoms with Gasteiger partial charge in [-0.15, -0.1) is 5.10 Å². The molecule has 2 rings (SSSR count). The van der Waals surface area contributed by atoms with E-state index in [4.69, 9.17) is 5.26 Å². The van der Waals surface area contributed by atoms with Crippen LogP contribution in [0.3, 0.4) is 0 Å². The maximum absolute atomic E-state index is 8.55. The monoisotopic (exact) mass is 191 g/mol. The van der Waals surface area contributed by atoms with Crippen LogP contribution in [-0.4, -0.2) is 28.1 Å². The summed E-state index contributed by atoms with van der Waals surface area (Å²) in [5, 5.41) is 19.9. The summed E-state index contributed by atoms with van der Waals surface area (Å²) in [5.74, 6) is 0.742. The Balaban J connectivity index is 1.82. The average molecular weight is 191 g/mol. The SMILES string of the molecule is N#Cc1cnn(CCC2CCNC2)n1. The molecular formula is C9H13N5. The third kappa shape index (κ3) is 2.09. The molecule has 0 aliphatic carbocycles. The van der Waals surface area contributed by atoms with Crippen LogP contribution in [0.4, 0.5) is 0 Å². The zero-order valence-corrected chi connectivity index (χ0v) is 7.98. The van der Waals surface area contributed by atoms with Gasteiger partial charge in [0.05, 0.1) is 12.7 Å². The van der Waals surface area contributed by atoms with Crippen molar-refractivity contribution in [2.75, 3.05) is 13.1 Å². The van der Waals surface area contributed by atoms with Gasteiger partial charge in [-0.2, -0.15) is 15.2 Å². The van der Waals surface area contributed by atoms with E-state index < -0.39 is 0 Å². The molecule has 0 aromatic carbocycles. The quantitative estimate of drug-likeness (QED) is 0.738. The molecule has 5 nitrogen and oxygen atoms in total. The molecule has 14 heavy (non-hydrogen) atoms. The zero-order valence-electron chi connectivity index (χ0n) is 7.98. The van der Waals surface area contributed by atoms with Gasteiger partial charge in [-0.25, -0.2) is 0 Å². The molecule has 0 amide bonds. The summed E-state index contributed by atoms with van der Waals surface area (Å²) in [5.41, 5.74) is 0.398. The maximum atomic E-state index is 8.55. The minimum atomic E-state index is 0.398. The second-order valence-corrected chi connectivity index (χ2v) is 3.59. The first kappa shape index (κ1) is 9.16. The molecular weight excluding hydrogens is 178 g/mol. The minimum Gasteiger partial charge on any atom is -0.316 e. The number of rotatable bonds is 3. The summed E-state index contributed by atoms with van der Waals surface area (Å²) in [6.45, 7) is 3.04. The highest BCUT2D eigenvalue weighted by molar-refractivity contribution is 5.12. The van der Waals surface area contributed by atoms with Crippen molar-refractivity contribution in [2.24, 2.45) is 5.92 Å². The second-order valence-electron chi connectivity index (χ2n) is 3.59. The molecule has 2 heterocycles. The highest BCUT2D eigenvalue weighted by Gasteiger charge is 2.14. The van der Waals surface area contributed by atoms with Crippen LogP contribution in [0.25, 0.3) is 0 Å². The predicted octanol–water partition coefficient (Wildman–Crippen LogP) is 0.149. The number of nitrogens with one attached hydrogen (secondary N) is 1. The lowest BCUT2D eigenvalue weighted by Gasteiger charge is -2.06. The third-order valence-corrected chi connectivity index (χ3v) is 2.55. The Morgan fingerprint density at radius 3 is 3.29 bits per heavy atom. The molecule has 1 unspecified atom stereocenters. The summed E-state index contributed by atoms with van der Waals surface area (Å²) >= 11 is 0. The standard InChI is InChI=1S/C9H13N5/c10-5-9-7-12-14(13-9)4-2-8-1-3-11-6-8/h7-8,11H,1-4,6H2. The van der Waals surface area contributed by atoms with Gasteiger partial charge in [0.15, 0.2) is 5.69 Å². The van der Waals surface area contributed by atoms with Gasteiger partial charge in [-0.05, 0) is 31.8 Å². The minimum absolute atomic E-state index is 0.398. The molecule has 0 bridgehead atoms. The van der Waals surface area contributed by atoms with Gasteiger partial charge in [-0.1, -0.05) is 0 Å². The molecule has 5 heteroatoms. The van der Waals surface area contributed by atoms with Crippen molar-refractivity contribution in [2.45, 2.75) is 19.4 Å². The lowest BCUT2D eigenvalue weighted by atomic mass is 10.1. The Morgan fingerprint density at radius 1 is 1.71 bits per heavy atom. The Kier molecular flexibility index (Phi) is 2.75. The molecule has 1 fully saturated rings. The summed E-state index contributed by atoms with van der Waals surface area (Å²) < 4.78 is 0. The largest absolute Gasteiger partial charge is 0.316 e.